The Morgan fingerprint density at radius 2 is 1.74 bits per heavy atom. The first kappa shape index (κ1) is 15.5. The Balaban J connectivity index is 2.47. The molecule has 0 aliphatic carbocycles. The molecule has 19 heavy (non-hydrogen) atoms. The highest BCUT2D eigenvalue weighted by molar-refractivity contribution is 5.92. The van der Waals surface area contributed by atoms with Gasteiger partial charge in [0.25, 0.3) is 0 Å². The number of nitrogens with two attached hydrogens (primary N) is 1. The second-order valence-corrected chi connectivity index (χ2v) is 5.95. The number of hydrogen-bond donors (Lipinski definition) is 3. The predicted octanol–water partition coefficient (Wildman–Crippen LogP) is 2.42. The molecule has 1 aromatic carbocycles. The van der Waals surface area contributed by atoms with Crippen LogP contribution in [0.1, 0.15) is 31.9 Å². The topological polar surface area (TPSA) is 62.4 Å². The molecule has 0 heterocycles. The molecule has 4 heteroatoms. The maximum Gasteiger partial charge on any atom is 0.193 e. The number of aryl methyl sites for hydroxylation is 2. The van der Waals surface area contributed by atoms with Gasteiger partial charge in [-0.15, -0.1) is 0 Å². The van der Waals surface area contributed by atoms with Crippen LogP contribution in [-0.2, 0) is 0 Å². The first-order valence-corrected chi connectivity index (χ1v) is 6.66. The molecule has 0 bridgehead atoms. The minimum atomic E-state index is 0.116. The van der Waals surface area contributed by atoms with E-state index < -0.39 is 0 Å². The molecule has 0 aliphatic rings. The molecule has 0 radical (unpaired) electrons. The zero-order chi connectivity index (χ0) is 14.5. The van der Waals surface area contributed by atoms with Gasteiger partial charge in [0.05, 0.1) is 6.54 Å². The minimum absolute atomic E-state index is 0.116. The SMILES string of the molecule is Cc1cc(C)cc(NC(N)=NCCNC(C)(C)C)c1. The van der Waals surface area contributed by atoms with E-state index in [9.17, 15) is 0 Å². The van der Waals surface area contributed by atoms with E-state index in [2.05, 4.69) is 68.4 Å². The molecular formula is C15H26N4. The lowest BCUT2D eigenvalue weighted by Crippen LogP contribution is -2.37. The third-order valence-corrected chi connectivity index (χ3v) is 2.54. The predicted molar refractivity (Wildman–Crippen MR) is 83.8 cm³/mol. The van der Waals surface area contributed by atoms with Gasteiger partial charge in [-0.25, -0.2) is 0 Å². The van der Waals surface area contributed by atoms with E-state index in [0.717, 1.165) is 12.2 Å². The van der Waals surface area contributed by atoms with Crippen molar-refractivity contribution in [1.82, 2.24) is 5.32 Å². The van der Waals surface area contributed by atoms with Crippen LogP contribution >= 0.6 is 0 Å². The number of hydrogen-bond acceptors (Lipinski definition) is 2. The quantitative estimate of drug-likeness (QED) is 0.443. The van der Waals surface area contributed by atoms with E-state index in [1.165, 1.54) is 11.1 Å². The molecule has 0 fully saturated rings. The Labute approximate surface area is 116 Å². The maximum atomic E-state index is 5.87. The largest absolute Gasteiger partial charge is 0.370 e. The maximum absolute atomic E-state index is 5.87. The van der Waals surface area contributed by atoms with Gasteiger partial charge in [-0.1, -0.05) is 6.07 Å². The number of nitrogens with zero attached hydrogens (tertiary/aromatic N) is 1. The number of guanidine groups is 1. The van der Waals surface area contributed by atoms with Gasteiger partial charge in [0.1, 0.15) is 0 Å². The second kappa shape index (κ2) is 6.57. The molecule has 4 N–H and O–H groups in total. The van der Waals surface area contributed by atoms with Crippen LogP contribution in [0.15, 0.2) is 23.2 Å². The van der Waals surface area contributed by atoms with E-state index >= 15 is 0 Å². The number of anilines is 1. The van der Waals surface area contributed by atoms with Crippen molar-refractivity contribution >= 4 is 11.6 Å². The van der Waals surface area contributed by atoms with Crippen molar-refractivity contribution in [3.05, 3.63) is 29.3 Å². The third-order valence-electron chi connectivity index (χ3n) is 2.54. The van der Waals surface area contributed by atoms with Crippen LogP contribution in [0.4, 0.5) is 5.69 Å². The molecule has 4 nitrogen and oxygen atoms in total. The van der Waals surface area contributed by atoms with Crippen molar-refractivity contribution in [3.63, 3.8) is 0 Å². The highest BCUT2D eigenvalue weighted by Crippen LogP contribution is 2.13. The molecule has 0 saturated carbocycles. The van der Waals surface area contributed by atoms with Gasteiger partial charge < -0.3 is 16.4 Å². The molecule has 0 amide bonds. The molecule has 0 unspecified atom stereocenters. The molecule has 0 aromatic heterocycles. The monoisotopic (exact) mass is 262 g/mol. The summed E-state index contributed by atoms with van der Waals surface area (Å²) in [4.78, 5) is 4.30. The van der Waals surface area contributed by atoms with E-state index in [-0.39, 0.29) is 5.54 Å². The molecule has 0 saturated heterocycles. The standard InChI is InChI=1S/C15H26N4/c1-11-8-12(2)10-13(9-11)19-14(16)17-6-7-18-15(3,4)5/h8-10,18H,6-7H2,1-5H3,(H3,16,17,19). The highest BCUT2D eigenvalue weighted by Gasteiger charge is 2.06. The van der Waals surface area contributed by atoms with Crippen LogP contribution in [0.25, 0.3) is 0 Å². The normalized spacial score (nSPS) is 12.6. The Kier molecular flexibility index (Phi) is 5.36. The van der Waals surface area contributed by atoms with Crippen LogP contribution in [0.2, 0.25) is 0 Å². The fraction of sp³-hybridized carbons (Fsp3) is 0.533. The average molecular weight is 262 g/mol. The summed E-state index contributed by atoms with van der Waals surface area (Å²) in [5.74, 6) is 0.459. The average Bonchev–Trinajstić information content (AvgIpc) is 2.21. The lowest BCUT2D eigenvalue weighted by atomic mass is 10.1. The van der Waals surface area contributed by atoms with Crippen LogP contribution in [-0.4, -0.2) is 24.6 Å². The fourth-order valence-electron chi connectivity index (χ4n) is 1.84. The number of rotatable bonds is 4. The molecule has 1 rings (SSSR count). The van der Waals surface area contributed by atoms with Crippen molar-refractivity contribution in [3.8, 4) is 0 Å². The summed E-state index contributed by atoms with van der Waals surface area (Å²) >= 11 is 0. The zero-order valence-corrected chi connectivity index (χ0v) is 12.7. The number of benzene rings is 1. The van der Waals surface area contributed by atoms with Gasteiger partial charge in [0, 0.05) is 17.8 Å². The van der Waals surface area contributed by atoms with Gasteiger partial charge in [0.15, 0.2) is 5.96 Å². The lowest BCUT2D eigenvalue weighted by molar-refractivity contribution is 0.433. The van der Waals surface area contributed by atoms with Gasteiger partial charge in [-0.05, 0) is 57.9 Å². The first-order valence-electron chi connectivity index (χ1n) is 6.66. The molecule has 0 spiro atoms. The summed E-state index contributed by atoms with van der Waals surface area (Å²) in [6.45, 7) is 12.0. The minimum Gasteiger partial charge on any atom is -0.370 e. The summed E-state index contributed by atoms with van der Waals surface area (Å²) in [5.41, 5.74) is 9.40. The molecule has 0 atom stereocenters. The number of nitrogens with one attached hydrogen (secondary N) is 2. The number of aliphatic imine (C=N–C) groups is 1. The summed E-state index contributed by atoms with van der Waals surface area (Å²) in [7, 11) is 0. The van der Waals surface area contributed by atoms with Crippen molar-refractivity contribution in [1.29, 1.82) is 0 Å². The van der Waals surface area contributed by atoms with Gasteiger partial charge in [0.2, 0.25) is 0 Å². The van der Waals surface area contributed by atoms with E-state index in [1.54, 1.807) is 0 Å². The first-order chi connectivity index (χ1) is 8.76. The van der Waals surface area contributed by atoms with E-state index in [4.69, 9.17) is 5.73 Å². The van der Waals surface area contributed by atoms with Crippen molar-refractivity contribution < 1.29 is 0 Å². The van der Waals surface area contributed by atoms with Crippen molar-refractivity contribution in [2.45, 2.75) is 40.2 Å². The third kappa shape index (κ3) is 6.82. The highest BCUT2D eigenvalue weighted by atomic mass is 15.1. The van der Waals surface area contributed by atoms with Crippen LogP contribution in [0, 0.1) is 13.8 Å². The molecule has 106 valence electrons. The van der Waals surface area contributed by atoms with Gasteiger partial charge in [-0.3, -0.25) is 4.99 Å². The summed E-state index contributed by atoms with van der Waals surface area (Å²) in [6.07, 6.45) is 0. The Bertz CT molecular complexity index is 424. The zero-order valence-electron chi connectivity index (χ0n) is 12.7. The Morgan fingerprint density at radius 1 is 1.16 bits per heavy atom. The van der Waals surface area contributed by atoms with Crippen LogP contribution < -0.4 is 16.4 Å². The lowest BCUT2D eigenvalue weighted by Gasteiger charge is -2.19. The van der Waals surface area contributed by atoms with E-state index in [1.807, 2.05) is 0 Å². The molecule has 1 aromatic rings. The Hall–Kier alpha value is -1.55. The van der Waals surface area contributed by atoms with Crippen LogP contribution in [0.5, 0.6) is 0 Å². The Morgan fingerprint density at radius 3 is 2.26 bits per heavy atom. The van der Waals surface area contributed by atoms with E-state index in [0.29, 0.717) is 12.5 Å². The fourth-order valence-corrected chi connectivity index (χ4v) is 1.84. The second-order valence-electron chi connectivity index (χ2n) is 5.95. The van der Waals surface area contributed by atoms with Crippen LogP contribution in [0.3, 0.4) is 0 Å². The molecular weight excluding hydrogens is 236 g/mol. The van der Waals surface area contributed by atoms with Crippen molar-refractivity contribution in [2.75, 3.05) is 18.4 Å². The van der Waals surface area contributed by atoms with Crippen molar-refractivity contribution in [2.24, 2.45) is 10.7 Å². The van der Waals surface area contributed by atoms with Gasteiger partial charge >= 0.3 is 0 Å². The summed E-state index contributed by atoms with van der Waals surface area (Å²) in [5, 5.41) is 6.49. The smallest absolute Gasteiger partial charge is 0.193 e. The summed E-state index contributed by atoms with van der Waals surface area (Å²) < 4.78 is 0. The summed E-state index contributed by atoms with van der Waals surface area (Å²) in [6, 6.07) is 6.25. The molecule has 0 aliphatic heterocycles. The van der Waals surface area contributed by atoms with Gasteiger partial charge in [-0.2, -0.15) is 0 Å².